The third-order valence-electron chi connectivity index (χ3n) is 4.67. The molecule has 1 N–H and O–H groups in total. The van der Waals surface area contributed by atoms with E-state index in [-0.39, 0.29) is 30.5 Å². The molecule has 108 valence electrons. The van der Waals surface area contributed by atoms with Crippen LogP contribution in [0.2, 0.25) is 0 Å². The molecule has 0 aromatic heterocycles. The molecule has 1 aliphatic carbocycles. The predicted octanol–water partition coefficient (Wildman–Crippen LogP) is 3.34. The maximum Gasteiger partial charge on any atom is 0.123 e. The van der Waals surface area contributed by atoms with Crippen molar-refractivity contribution >= 4 is 0 Å². The molecule has 1 saturated heterocycles. The Balaban J connectivity index is 1.90. The van der Waals surface area contributed by atoms with Crippen molar-refractivity contribution in [2.75, 3.05) is 6.61 Å². The van der Waals surface area contributed by atoms with Crippen LogP contribution in [0, 0.1) is 5.82 Å². The number of fused-ring (bicyclic) bond motifs is 5. The van der Waals surface area contributed by atoms with Gasteiger partial charge in [0.25, 0.3) is 0 Å². The van der Waals surface area contributed by atoms with E-state index in [0.717, 1.165) is 24.0 Å². The zero-order chi connectivity index (χ0) is 14.4. The number of ether oxygens (including phenoxy) is 1. The van der Waals surface area contributed by atoms with Crippen molar-refractivity contribution in [3.05, 3.63) is 70.5 Å². The van der Waals surface area contributed by atoms with Crippen molar-refractivity contribution in [1.82, 2.24) is 0 Å². The van der Waals surface area contributed by atoms with E-state index in [0.29, 0.717) is 0 Å². The van der Waals surface area contributed by atoms with Crippen LogP contribution in [0.3, 0.4) is 0 Å². The first-order valence-corrected chi connectivity index (χ1v) is 7.38. The molecule has 4 rings (SSSR count). The van der Waals surface area contributed by atoms with Crippen LogP contribution < -0.4 is 0 Å². The van der Waals surface area contributed by atoms with E-state index in [4.69, 9.17) is 4.74 Å². The van der Waals surface area contributed by atoms with E-state index in [1.54, 1.807) is 6.07 Å². The molecule has 2 nitrogen and oxygen atoms in total. The highest BCUT2D eigenvalue weighted by atomic mass is 19.1. The summed E-state index contributed by atoms with van der Waals surface area (Å²) in [6.45, 7) is 0.0137. The van der Waals surface area contributed by atoms with Gasteiger partial charge in [-0.25, -0.2) is 4.39 Å². The topological polar surface area (TPSA) is 29.5 Å². The lowest BCUT2D eigenvalue weighted by molar-refractivity contribution is 0.00829. The second-order valence-corrected chi connectivity index (χ2v) is 5.92. The van der Waals surface area contributed by atoms with Gasteiger partial charge in [0.05, 0.1) is 18.8 Å². The Bertz CT molecular complexity index is 683. The molecule has 1 fully saturated rings. The van der Waals surface area contributed by atoms with Gasteiger partial charge in [0.1, 0.15) is 5.82 Å². The Kier molecular flexibility index (Phi) is 3.05. The molecule has 0 unspecified atom stereocenters. The minimum atomic E-state index is -0.227. The molecule has 1 heterocycles. The molecule has 0 saturated carbocycles. The predicted molar refractivity (Wildman–Crippen MR) is 77.7 cm³/mol. The molecular weight excluding hydrogens is 267 g/mol. The van der Waals surface area contributed by atoms with Crippen molar-refractivity contribution in [2.24, 2.45) is 0 Å². The summed E-state index contributed by atoms with van der Waals surface area (Å²) in [6, 6.07) is 13.3. The highest BCUT2D eigenvalue weighted by Gasteiger charge is 2.40. The summed E-state index contributed by atoms with van der Waals surface area (Å²) in [4.78, 5) is 0. The first-order chi connectivity index (χ1) is 10.3. The summed E-state index contributed by atoms with van der Waals surface area (Å²) in [6.07, 6.45) is 1.28. The van der Waals surface area contributed by atoms with E-state index in [9.17, 15) is 9.50 Å². The quantitative estimate of drug-likeness (QED) is 0.870. The third kappa shape index (κ3) is 2.08. The zero-order valence-corrected chi connectivity index (χ0v) is 11.6. The SMILES string of the molecule is OC[C@@H]1C[C@@H]2c3ccccc3Cc3ccc(F)cc3[C@@H]2O1. The van der Waals surface area contributed by atoms with Crippen LogP contribution >= 0.6 is 0 Å². The fourth-order valence-corrected chi connectivity index (χ4v) is 3.72. The van der Waals surface area contributed by atoms with Gasteiger partial charge in [-0.15, -0.1) is 0 Å². The normalized spacial score (nSPS) is 26.7. The summed E-state index contributed by atoms with van der Waals surface area (Å²) in [5.41, 5.74) is 4.61. The third-order valence-corrected chi connectivity index (χ3v) is 4.67. The molecular formula is C18H17FO2. The van der Waals surface area contributed by atoms with Crippen LogP contribution in [-0.2, 0) is 11.2 Å². The van der Waals surface area contributed by atoms with Crippen LogP contribution in [0.4, 0.5) is 4.39 Å². The number of rotatable bonds is 1. The van der Waals surface area contributed by atoms with E-state index in [1.807, 2.05) is 18.2 Å². The van der Waals surface area contributed by atoms with Crippen LogP contribution in [0.25, 0.3) is 0 Å². The van der Waals surface area contributed by atoms with Crippen LogP contribution in [0.1, 0.15) is 40.7 Å². The Morgan fingerprint density at radius 2 is 1.90 bits per heavy atom. The first kappa shape index (κ1) is 13.0. The second-order valence-electron chi connectivity index (χ2n) is 5.92. The Labute approximate surface area is 123 Å². The lowest BCUT2D eigenvalue weighted by atomic mass is 9.87. The van der Waals surface area contributed by atoms with Gasteiger partial charge in [0.15, 0.2) is 0 Å². The molecule has 21 heavy (non-hydrogen) atoms. The monoisotopic (exact) mass is 284 g/mol. The second kappa shape index (κ2) is 4.93. The molecule has 2 aromatic carbocycles. The maximum absolute atomic E-state index is 13.7. The molecule has 3 atom stereocenters. The van der Waals surface area contributed by atoms with Crippen molar-refractivity contribution in [1.29, 1.82) is 0 Å². The summed E-state index contributed by atoms with van der Waals surface area (Å²) < 4.78 is 19.7. The lowest BCUT2D eigenvalue weighted by Crippen LogP contribution is -2.11. The molecule has 3 heteroatoms. The number of halogens is 1. The van der Waals surface area contributed by atoms with E-state index >= 15 is 0 Å². The van der Waals surface area contributed by atoms with Gasteiger partial charge in [0.2, 0.25) is 0 Å². The summed E-state index contributed by atoms with van der Waals surface area (Å²) in [5, 5.41) is 9.43. The minimum absolute atomic E-state index is 0.0137. The van der Waals surface area contributed by atoms with Gasteiger partial charge in [0, 0.05) is 5.92 Å². The number of benzene rings is 2. The Morgan fingerprint density at radius 3 is 2.76 bits per heavy atom. The largest absolute Gasteiger partial charge is 0.394 e. The number of hydrogen-bond acceptors (Lipinski definition) is 2. The lowest BCUT2D eigenvalue weighted by Gasteiger charge is -2.19. The van der Waals surface area contributed by atoms with Crippen LogP contribution in [0.15, 0.2) is 42.5 Å². The molecule has 0 bridgehead atoms. The van der Waals surface area contributed by atoms with Gasteiger partial charge in [-0.3, -0.25) is 0 Å². The fraction of sp³-hybridized carbons (Fsp3) is 0.333. The fourth-order valence-electron chi connectivity index (χ4n) is 3.72. The summed E-state index contributed by atoms with van der Waals surface area (Å²) in [5.74, 6) is -0.0316. The molecule has 0 radical (unpaired) electrons. The average molecular weight is 284 g/mol. The molecule has 2 aliphatic rings. The minimum Gasteiger partial charge on any atom is -0.394 e. The molecule has 0 amide bonds. The van der Waals surface area contributed by atoms with E-state index < -0.39 is 0 Å². The zero-order valence-electron chi connectivity index (χ0n) is 11.6. The standard InChI is InChI=1S/C18H17FO2/c19-13-6-5-12-7-11-3-1-2-4-15(11)17-9-14(10-20)21-18(17)16(12)8-13/h1-6,8,14,17-18,20H,7,9-10H2/t14-,17+,18-/m0/s1. The van der Waals surface area contributed by atoms with Gasteiger partial charge < -0.3 is 9.84 Å². The Morgan fingerprint density at radius 1 is 1.10 bits per heavy atom. The molecule has 1 aliphatic heterocycles. The van der Waals surface area contributed by atoms with Crippen molar-refractivity contribution in [3.63, 3.8) is 0 Å². The van der Waals surface area contributed by atoms with Crippen molar-refractivity contribution in [2.45, 2.75) is 31.0 Å². The molecule has 0 spiro atoms. The first-order valence-electron chi connectivity index (χ1n) is 7.38. The van der Waals surface area contributed by atoms with Crippen molar-refractivity contribution < 1.29 is 14.2 Å². The molecule has 2 aromatic rings. The van der Waals surface area contributed by atoms with E-state index in [2.05, 4.69) is 12.1 Å². The van der Waals surface area contributed by atoms with Gasteiger partial charge in [-0.2, -0.15) is 0 Å². The number of aliphatic hydroxyl groups excluding tert-OH is 1. The highest BCUT2D eigenvalue weighted by Crippen LogP contribution is 2.49. The van der Waals surface area contributed by atoms with E-state index in [1.165, 1.54) is 17.2 Å². The van der Waals surface area contributed by atoms with Crippen molar-refractivity contribution in [3.8, 4) is 0 Å². The highest BCUT2D eigenvalue weighted by molar-refractivity contribution is 5.45. The maximum atomic E-state index is 13.7. The average Bonchev–Trinajstić information content (AvgIpc) is 2.89. The smallest absolute Gasteiger partial charge is 0.123 e. The number of hydrogen-bond donors (Lipinski definition) is 1. The van der Waals surface area contributed by atoms with Gasteiger partial charge >= 0.3 is 0 Å². The van der Waals surface area contributed by atoms with Crippen LogP contribution in [0.5, 0.6) is 0 Å². The summed E-state index contributed by atoms with van der Waals surface area (Å²) in [7, 11) is 0. The van der Waals surface area contributed by atoms with Crippen LogP contribution in [-0.4, -0.2) is 17.8 Å². The number of aliphatic hydroxyl groups is 1. The van der Waals surface area contributed by atoms with Gasteiger partial charge in [-0.1, -0.05) is 30.3 Å². The summed E-state index contributed by atoms with van der Waals surface area (Å²) >= 11 is 0. The Hall–Kier alpha value is -1.71. The van der Waals surface area contributed by atoms with Gasteiger partial charge in [-0.05, 0) is 47.2 Å².